The molecule has 5 rings (SSSR count). The Bertz CT molecular complexity index is 1370. The summed E-state index contributed by atoms with van der Waals surface area (Å²) in [5.74, 6) is 2.17. The second kappa shape index (κ2) is 9.31. The molecule has 0 aliphatic carbocycles. The number of ether oxygens (including phenoxy) is 3. The summed E-state index contributed by atoms with van der Waals surface area (Å²) < 4.78 is 22.7. The Labute approximate surface area is 203 Å². The quantitative estimate of drug-likeness (QED) is 0.444. The van der Waals surface area contributed by atoms with Gasteiger partial charge in [-0.05, 0) is 42.3 Å². The van der Waals surface area contributed by atoms with E-state index in [4.69, 9.17) is 24.4 Å². The molecule has 1 unspecified atom stereocenters. The maximum atomic E-state index is 13.0. The number of likely N-dealkylation sites (tertiary alicyclic amines) is 1. The van der Waals surface area contributed by atoms with Gasteiger partial charge in [-0.3, -0.25) is 9.78 Å². The molecule has 2 aromatic carbocycles. The zero-order valence-electron chi connectivity index (χ0n) is 19.9. The van der Waals surface area contributed by atoms with E-state index in [0.29, 0.717) is 52.8 Å². The smallest absolute Gasteiger partial charge is 0.253 e. The molecule has 2 aromatic heterocycles. The summed E-state index contributed by atoms with van der Waals surface area (Å²) in [5.41, 5.74) is 10.4. The van der Waals surface area contributed by atoms with Crippen molar-refractivity contribution < 1.29 is 23.4 Å². The molecule has 1 fully saturated rings. The number of carbonyl (C=O) groups is 1. The van der Waals surface area contributed by atoms with E-state index >= 15 is 0 Å². The van der Waals surface area contributed by atoms with Crippen LogP contribution in [0, 0.1) is 0 Å². The highest BCUT2D eigenvalue weighted by Crippen LogP contribution is 2.42. The first-order valence-electron chi connectivity index (χ1n) is 11.4. The van der Waals surface area contributed by atoms with Crippen LogP contribution in [0.5, 0.6) is 17.2 Å². The molecule has 35 heavy (non-hydrogen) atoms. The predicted molar refractivity (Wildman–Crippen MR) is 133 cm³/mol. The number of rotatable bonds is 6. The van der Waals surface area contributed by atoms with Crippen molar-refractivity contribution in [1.29, 1.82) is 0 Å². The first kappa shape index (κ1) is 22.7. The van der Waals surface area contributed by atoms with Gasteiger partial charge in [0.15, 0.2) is 17.1 Å². The molecule has 0 spiro atoms. The van der Waals surface area contributed by atoms with Gasteiger partial charge in [-0.25, -0.2) is 0 Å². The van der Waals surface area contributed by atoms with Gasteiger partial charge < -0.3 is 29.3 Å². The molecular weight excluding hydrogens is 446 g/mol. The lowest BCUT2D eigenvalue weighted by Crippen LogP contribution is -2.31. The molecule has 1 aliphatic heterocycles. The second-order valence-electron chi connectivity index (χ2n) is 8.48. The highest BCUT2D eigenvalue weighted by molar-refractivity contribution is 5.98. The minimum Gasteiger partial charge on any atom is -0.493 e. The number of methoxy groups -OCH3 is 3. The van der Waals surface area contributed by atoms with E-state index in [1.54, 1.807) is 32.4 Å². The summed E-state index contributed by atoms with van der Waals surface area (Å²) in [6.45, 7) is 1.26. The molecular formula is C27H27N3O5. The van der Waals surface area contributed by atoms with Crippen LogP contribution in [-0.4, -0.2) is 56.3 Å². The highest BCUT2D eigenvalue weighted by Gasteiger charge is 2.25. The summed E-state index contributed by atoms with van der Waals surface area (Å²) in [6, 6.07) is 15.0. The fraction of sp³-hybridized carbons (Fsp3) is 0.259. The summed E-state index contributed by atoms with van der Waals surface area (Å²) >= 11 is 0. The van der Waals surface area contributed by atoms with E-state index in [2.05, 4.69) is 4.98 Å². The molecule has 0 bridgehead atoms. The van der Waals surface area contributed by atoms with Crippen LogP contribution in [0.3, 0.4) is 0 Å². The van der Waals surface area contributed by atoms with Crippen LogP contribution in [-0.2, 0) is 0 Å². The summed E-state index contributed by atoms with van der Waals surface area (Å²) in [5, 5.41) is 0. The van der Waals surface area contributed by atoms with Gasteiger partial charge in [0.05, 0.1) is 21.3 Å². The van der Waals surface area contributed by atoms with Gasteiger partial charge in [0.1, 0.15) is 11.3 Å². The fourth-order valence-electron chi connectivity index (χ4n) is 4.51. The number of fused-ring (bicyclic) bond motifs is 1. The Morgan fingerprint density at radius 2 is 1.80 bits per heavy atom. The van der Waals surface area contributed by atoms with Crippen molar-refractivity contribution in [1.82, 2.24) is 9.88 Å². The van der Waals surface area contributed by atoms with Gasteiger partial charge in [0.2, 0.25) is 5.75 Å². The SMILES string of the molecule is COc1cc(-c2cc3nccc(-c4cccc(C(=O)N5CCC(N)C5)c4)c3o2)cc(OC)c1OC. The number of carbonyl (C=O) groups excluding carboxylic acids is 1. The topological polar surface area (TPSA) is 100 Å². The van der Waals surface area contributed by atoms with Crippen LogP contribution in [0.15, 0.2) is 59.1 Å². The maximum Gasteiger partial charge on any atom is 0.253 e. The molecule has 180 valence electrons. The van der Waals surface area contributed by atoms with Crippen LogP contribution < -0.4 is 19.9 Å². The average molecular weight is 474 g/mol. The number of hydrogen-bond acceptors (Lipinski definition) is 7. The van der Waals surface area contributed by atoms with Crippen molar-refractivity contribution in [3.63, 3.8) is 0 Å². The van der Waals surface area contributed by atoms with E-state index in [-0.39, 0.29) is 11.9 Å². The minimum atomic E-state index is -0.0114. The lowest BCUT2D eigenvalue weighted by molar-refractivity contribution is 0.0791. The molecule has 1 saturated heterocycles. The molecule has 8 heteroatoms. The van der Waals surface area contributed by atoms with Gasteiger partial charge in [0.25, 0.3) is 5.91 Å². The van der Waals surface area contributed by atoms with E-state index in [1.165, 1.54) is 0 Å². The van der Waals surface area contributed by atoms with Crippen LogP contribution in [0.25, 0.3) is 33.6 Å². The van der Waals surface area contributed by atoms with Crippen LogP contribution in [0.1, 0.15) is 16.8 Å². The number of benzene rings is 2. The Hall–Kier alpha value is -4.04. The van der Waals surface area contributed by atoms with Gasteiger partial charge in [0, 0.05) is 48.1 Å². The molecule has 1 amide bonds. The molecule has 3 heterocycles. The van der Waals surface area contributed by atoms with Gasteiger partial charge in [-0.15, -0.1) is 0 Å². The van der Waals surface area contributed by atoms with Crippen molar-refractivity contribution in [3.8, 4) is 39.7 Å². The Kier molecular flexibility index (Phi) is 6.05. The first-order valence-corrected chi connectivity index (χ1v) is 11.4. The molecule has 0 saturated carbocycles. The first-order chi connectivity index (χ1) is 17.0. The molecule has 4 aromatic rings. The minimum absolute atomic E-state index is 0.0114. The summed E-state index contributed by atoms with van der Waals surface area (Å²) in [4.78, 5) is 19.3. The van der Waals surface area contributed by atoms with Gasteiger partial charge >= 0.3 is 0 Å². The zero-order valence-corrected chi connectivity index (χ0v) is 19.9. The zero-order chi connectivity index (χ0) is 24.5. The van der Waals surface area contributed by atoms with Crippen molar-refractivity contribution in [2.45, 2.75) is 12.5 Å². The number of amides is 1. The van der Waals surface area contributed by atoms with Crippen LogP contribution in [0.4, 0.5) is 0 Å². The average Bonchev–Trinajstić information content (AvgIpc) is 3.53. The van der Waals surface area contributed by atoms with Gasteiger partial charge in [-0.1, -0.05) is 12.1 Å². The Morgan fingerprint density at radius 3 is 2.46 bits per heavy atom. The standard InChI is InChI=1S/C27H27N3O5/c1-32-23-12-18(13-24(33-2)26(23)34-3)22-14-21-25(35-22)20(7-9-29-21)16-5-4-6-17(11-16)27(31)30-10-8-19(28)15-30/h4-7,9,11-14,19H,8,10,15,28H2,1-3H3. The molecule has 0 radical (unpaired) electrons. The third kappa shape index (κ3) is 4.17. The number of nitrogens with two attached hydrogens (primary N) is 1. The normalized spacial score (nSPS) is 15.4. The number of furan rings is 1. The van der Waals surface area contributed by atoms with Crippen molar-refractivity contribution >= 4 is 17.0 Å². The number of nitrogens with zero attached hydrogens (tertiary/aromatic N) is 2. The van der Waals surface area contributed by atoms with E-state index in [1.807, 2.05) is 48.5 Å². The van der Waals surface area contributed by atoms with Crippen molar-refractivity contribution in [2.24, 2.45) is 5.73 Å². The second-order valence-corrected chi connectivity index (χ2v) is 8.48. The number of pyridine rings is 1. The Balaban J connectivity index is 1.55. The molecule has 1 aliphatic rings. The summed E-state index contributed by atoms with van der Waals surface area (Å²) in [6.07, 6.45) is 2.56. The lowest BCUT2D eigenvalue weighted by Gasteiger charge is -2.16. The van der Waals surface area contributed by atoms with E-state index in [9.17, 15) is 4.79 Å². The maximum absolute atomic E-state index is 13.0. The van der Waals surface area contributed by atoms with Crippen molar-refractivity contribution in [2.75, 3.05) is 34.4 Å². The third-order valence-corrected chi connectivity index (χ3v) is 6.29. The lowest BCUT2D eigenvalue weighted by atomic mass is 10.0. The highest BCUT2D eigenvalue weighted by atomic mass is 16.5. The van der Waals surface area contributed by atoms with Crippen LogP contribution >= 0.6 is 0 Å². The number of hydrogen-bond donors (Lipinski definition) is 1. The van der Waals surface area contributed by atoms with E-state index in [0.717, 1.165) is 23.1 Å². The third-order valence-electron chi connectivity index (χ3n) is 6.29. The fourth-order valence-corrected chi connectivity index (χ4v) is 4.51. The largest absolute Gasteiger partial charge is 0.493 e. The molecule has 2 N–H and O–H groups in total. The Morgan fingerprint density at radius 1 is 1.03 bits per heavy atom. The van der Waals surface area contributed by atoms with Gasteiger partial charge in [-0.2, -0.15) is 0 Å². The number of aromatic nitrogens is 1. The van der Waals surface area contributed by atoms with Crippen LogP contribution in [0.2, 0.25) is 0 Å². The monoisotopic (exact) mass is 473 g/mol. The summed E-state index contributed by atoms with van der Waals surface area (Å²) in [7, 11) is 4.71. The van der Waals surface area contributed by atoms with E-state index < -0.39 is 0 Å². The molecule has 1 atom stereocenters. The molecule has 8 nitrogen and oxygen atoms in total. The van der Waals surface area contributed by atoms with Crippen molar-refractivity contribution in [3.05, 3.63) is 60.3 Å². The predicted octanol–water partition coefficient (Wildman–Crippen LogP) is 4.36.